The number of aryl methyl sites for hydroxylation is 2. The minimum atomic E-state index is -0.167. The molecule has 1 aliphatic heterocycles. The largest absolute Gasteiger partial charge is 0.492 e. The maximum atomic E-state index is 6.51. The molecule has 252 valence electrons. The Morgan fingerprint density at radius 1 is 0.750 bits per heavy atom. The summed E-state index contributed by atoms with van der Waals surface area (Å²) in [4.78, 5) is 0. The Balaban J connectivity index is 1.52. The molecular formula is C42H48O6. The average molecular weight is 649 g/mol. The minimum Gasteiger partial charge on any atom is -0.492 e. The van der Waals surface area contributed by atoms with Gasteiger partial charge in [0.15, 0.2) is 17.8 Å². The van der Waals surface area contributed by atoms with Gasteiger partial charge in [-0.2, -0.15) is 0 Å². The van der Waals surface area contributed by atoms with Crippen LogP contribution in [0, 0.1) is 0 Å². The first-order chi connectivity index (χ1) is 23.6. The van der Waals surface area contributed by atoms with Crippen molar-refractivity contribution >= 4 is 0 Å². The molecule has 1 saturated heterocycles. The van der Waals surface area contributed by atoms with E-state index in [-0.39, 0.29) is 12.4 Å². The zero-order valence-electron chi connectivity index (χ0n) is 28.3. The first kappa shape index (κ1) is 34.8. The van der Waals surface area contributed by atoms with E-state index in [4.69, 9.17) is 28.4 Å². The van der Waals surface area contributed by atoms with E-state index < -0.39 is 0 Å². The van der Waals surface area contributed by atoms with E-state index in [9.17, 15) is 0 Å². The highest BCUT2D eigenvalue weighted by molar-refractivity contribution is 5.82. The second-order valence-electron chi connectivity index (χ2n) is 11.9. The van der Waals surface area contributed by atoms with E-state index in [0.717, 1.165) is 90.7 Å². The van der Waals surface area contributed by atoms with Crippen molar-refractivity contribution in [3.63, 3.8) is 0 Å². The van der Waals surface area contributed by atoms with Crippen molar-refractivity contribution in [1.82, 2.24) is 0 Å². The average Bonchev–Trinajstić information content (AvgIpc) is 3.14. The van der Waals surface area contributed by atoms with E-state index in [1.165, 1.54) is 0 Å². The molecule has 0 aromatic heterocycles. The fourth-order valence-electron chi connectivity index (χ4n) is 5.96. The van der Waals surface area contributed by atoms with Crippen molar-refractivity contribution in [3.8, 4) is 34.1 Å². The van der Waals surface area contributed by atoms with E-state index in [1.807, 2.05) is 60.7 Å². The SMILES string of the molecule is C=CCCc1cc(-c2cc(CCC(C=C)OC3CCCCO3)ccc2OCc2ccccc2)c(OC)c(OC)c1OCc1ccccc1. The molecule has 48 heavy (non-hydrogen) atoms. The van der Waals surface area contributed by atoms with Gasteiger partial charge in [-0.05, 0) is 85.4 Å². The van der Waals surface area contributed by atoms with Crippen LogP contribution in [0.1, 0.15) is 54.4 Å². The first-order valence-electron chi connectivity index (χ1n) is 16.9. The van der Waals surface area contributed by atoms with Gasteiger partial charge < -0.3 is 28.4 Å². The Morgan fingerprint density at radius 2 is 1.46 bits per heavy atom. The zero-order chi connectivity index (χ0) is 33.6. The highest BCUT2D eigenvalue weighted by atomic mass is 16.7. The van der Waals surface area contributed by atoms with E-state index in [0.29, 0.717) is 30.5 Å². The fourth-order valence-corrected chi connectivity index (χ4v) is 5.96. The molecule has 0 radical (unpaired) electrons. The van der Waals surface area contributed by atoms with E-state index in [2.05, 4.69) is 49.6 Å². The van der Waals surface area contributed by atoms with Gasteiger partial charge >= 0.3 is 0 Å². The number of rotatable bonds is 18. The van der Waals surface area contributed by atoms with Crippen LogP contribution in [0.4, 0.5) is 0 Å². The minimum absolute atomic E-state index is 0.105. The van der Waals surface area contributed by atoms with Gasteiger partial charge in [0, 0.05) is 17.7 Å². The molecule has 4 aromatic carbocycles. The summed E-state index contributed by atoms with van der Waals surface area (Å²) in [5, 5.41) is 0. The van der Waals surface area contributed by atoms with Crippen LogP contribution in [0.3, 0.4) is 0 Å². The molecule has 0 N–H and O–H groups in total. The highest BCUT2D eigenvalue weighted by Gasteiger charge is 2.25. The molecule has 0 saturated carbocycles. The van der Waals surface area contributed by atoms with Crippen LogP contribution in [-0.2, 0) is 35.5 Å². The summed E-state index contributed by atoms with van der Waals surface area (Å²) in [5.74, 6) is 2.56. The summed E-state index contributed by atoms with van der Waals surface area (Å²) in [7, 11) is 3.32. The molecule has 6 nitrogen and oxygen atoms in total. The highest BCUT2D eigenvalue weighted by Crippen LogP contribution is 2.49. The summed E-state index contributed by atoms with van der Waals surface area (Å²) in [6.07, 6.45) is 9.73. The number of hydrogen-bond acceptors (Lipinski definition) is 6. The molecule has 5 rings (SSSR count). The summed E-state index contributed by atoms with van der Waals surface area (Å²) >= 11 is 0. The summed E-state index contributed by atoms with van der Waals surface area (Å²) in [5.41, 5.74) is 6.10. The summed E-state index contributed by atoms with van der Waals surface area (Å²) in [6.45, 7) is 9.60. The Bertz CT molecular complexity index is 1590. The topological polar surface area (TPSA) is 55.4 Å². The van der Waals surface area contributed by atoms with Crippen LogP contribution in [-0.4, -0.2) is 33.2 Å². The van der Waals surface area contributed by atoms with Crippen molar-refractivity contribution in [2.24, 2.45) is 0 Å². The first-order valence-corrected chi connectivity index (χ1v) is 16.9. The van der Waals surface area contributed by atoms with Crippen molar-refractivity contribution in [1.29, 1.82) is 0 Å². The number of methoxy groups -OCH3 is 2. The van der Waals surface area contributed by atoms with Gasteiger partial charge in [0.1, 0.15) is 19.0 Å². The van der Waals surface area contributed by atoms with Crippen molar-refractivity contribution in [2.75, 3.05) is 20.8 Å². The Labute approximate surface area is 285 Å². The number of ether oxygens (including phenoxy) is 6. The van der Waals surface area contributed by atoms with Gasteiger partial charge in [0.05, 0.1) is 20.3 Å². The Hall–Kier alpha value is -4.52. The normalized spacial score (nSPS) is 14.9. The van der Waals surface area contributed by atoms with Crippen molar-refractivity contribution in [2.45, 2.75) is 70.6 Å². The summed E-state index contributed by atoms with van der Waals surface area (Å²) < 4.78 is 37.2. The lowest BCUT2D eigenvalue weighted by Gasteiger charge is -2.26. The number of hydrogen-bond donors (Lipinski definition) is 0. The molecule has 4 aromatic rings. The number of allylic oxidation sites excluding steroid dienone is 1. The predicted octanol–water partition coefficient (Wildman–Crippen LogP) is 9.68. The van der Waals surface area contributed by atoms with Crippen molar-refractivity contribution < 1.29 is 28.4 Å². The molecule has 0 amide bonds. The standard InChI is InChI=1S/C42H48O6/c1-5-7-20-34-28-37(41(43-3)42(44-4)40(34)47-30-33-18-12-9-13-19-33)36-27-31(22-24-35(6-2)48-39-21-14-15-26-45-39)23-25-38(36)46-29-32-16-10-8-11-17-32/h5-6,8-13,16-19,23,25,27-28,35,39H,1-2,7,14-15,20-22,24,26,29-30H2,3-4H3. The molecular weight excluding hydrogens is 600 g/mol. The van der Waals surface area contributed by atoms with Gasteiger partial charge in [-0.3, -0.25) is 0 Å². The lowest BCUT2D eigenvalue weighted by molar-refractivity contribution is -0.179. The third-order valence-corrected chi connectivity index (χ3v) is 8.54. The van der Waals surface area contributed by atoms with Gasteiger partial charge in [0.2, 0.25) is 5.75 Å². The van der Waals surface area contributed by atoms with Crippen LogP contribution >= 0.6 is 0 Å². The lowest BCUT2D eigenvalue weighted by Crippen LogP contribution is -2.27. The number of benzene rings is 4. The molecule has 1 fully saturated rings. The monoisotopic (exact) mass is 648 g/mol. The van der Waals surface area contributed by atoms with Crippen LogP contribution in [0.15, 0.2) is 110 Å². The molecule has 0 aliphatic carbocycles. The maximum absolute atomic E-state index is 6.51. The molecule has 6 heteroatoms. The molecule has 2 atom stereocenters. The summed E-state index contributed by atoms with van der Waals surface area (Å²) in [6, 6.07) is 28.8. The maximum Gasteiger partial charge on any atom is 0.204 e. The van der Waals surface area contributed by atoms with Gasteiger partial charge in [-0.15, -0.1) is 13.2 Å². The van der Waals surface area contributed by atoms with E-state index >= 15 is 0 Å². The van der Waals surface area contributed by atoms with Gasteiger partial charge in [-0.25, -0.2) is 0 Å². The zero-order valence-corrected chi connectivity index (χ0v) is 28.3. The second kappa shape index (κ2) is 18.1. The molecule has 2 unspecified atom stereocenters. The van der Waals surface area contributed by atoms with Crippen molar-refractivity contribution in [3.05, 3.63) is 132 Å². The fraction of sp³-hybridized carbons (Fsp3) is 0.333. The molecule has 1 aliphatic rings. The van der Waals surface area contributed by atoms with Crippen LogP contribution in [0.2, 0.25) is 0 Å². The molecule has 0 bridgehead atoms. The van der Waals surface area contributed by atoms with E-state index in [1.54, 1.807) is 14.2 Å². The van der Waals surface area contributed by atoms with Gasteiger partial charge in [-0.1, -0.05) is 78.9 Å². The quantitative estimate of drug-likeness (QED) is 0.100. The second-order valence-corrected chi connectivity index (χ2v) is 11.9. The molecule has 1 heterocycles. The van der Waals surface area contributed by atoms with Gasteiger partial charge in [0.25, 0.3) is 0 Å². The Morgan fingerprint density at radius 3 is 2.08 bits per heavy atom. The smallest absolute Gasteiger partial charge is 0.204 e. The van der Waals surface area contributed by atoms with Crippen LogP contribution < -0.4 is 18.9 Å². The predicted molar refractivity (Wildman–Crippen MR) is 192 cm³/mol. The lowest BCUT2D eigenvalue weighted by atomic mass is 9.94. The Kier molecular flexibility index (Phi) is 13.2. The third kappa shape index (κ3) is 9.30. The third-order valence-electron chi connectivity index (χ3n) is 8.54. The van der Waals surface area contributed by atoms with Crippen LogP contribution in [0.5, 0.6) is 23.0 Å². The molecule has 0 spiro atoms. The van der Waals surface area contributed by atoms with Crippen LogP contribution in [0.25, 0.3) is 11.1 Å².